The van der Waals surface area contributed by atoms with Gasteiger partial charge >= 0.3 is 0 Å². The van der Waals surface area contributed by atoms with E-state index in [1.165, 1.54) is 5.56 Å². The van der Waals surface area contributed by atoms with Gasteiger partial charge in [0.05, 0.1) is 0 Å². The molecule has 3 N–H and O–H groups in total. The topological polar surface area (TPSA) is 79.5 Å². The van der Waals surface area contributed by atoms with Gasteiger partial charge in [-0.05, 0) is 59.9 Å². The number of ether oxygens (including phenoxy) is 1. The molecule has 0 atom stereocenters. The largest absolute Gasteiger partial charge is 0.484 e. The van der Waals surface area contributed by atoms with E-state index in [0.717, 1.165) is 10.0 Å². The predicted octanol–water partition coefficient (Wildman–Crippen LogP) is 3.77. The van der Waals surface area contributed by atoms with E-state index >= 15 is 0 Å². The molecule has 0 aliphatic rings. The quantitative estimate of drug-likeness (QED) is 0.461. The summed E-state index contributed by atoms with van der Waals surface area (Å²) in [7, 11) is 0. The Kier molecular flexibility index (Phi) is 7.75. The first kappa shape index (κ1) is 22.8. The summed E-state index contributed by atoms with van der Waals surface area (Å²) in [6.07, 6.45) is 0. The average Bonchev–Trinajstić information content (AvgIpc) is 2.66. The molecule has 2 aromatic rings. The lowest BCUT2D eigenvalue weighted by molar-refractivity contribution is -0.121. The van der Waals surface area contributed by atoms with Crippen LogP contribution in [-0.2, 0) is 10.2 Å². The van der Waals surface area contributed by atoms with Gasteiger partial charge in [-0.25, -0.2) is 0 Å². The molecular weight excluding hydrogens is 454 g/mol. The fourth-order valence-electron chi connectivity index (χ4n) is 2.31. The lowest BCUT2D eigenvalue weighted by Crippen LogP contribution is -2.49. The highest BCUT2D eigenvalue weighted by molar-refractivity contribution is 9.10. The van der Waals surface area contributed by atoms with Gasteiger partial charge in [-0.1, -0.05) is 54.9 Å². The third-order valence-corrected chi connectivity index (χ3v) is 5.13. The molecule has 0 fully saturated rings. The van der Waals surface area contributed by atoms with E-state index in [0.29, 0.717) is 11.3 Å². The Labute approximate surface area is 184 Å². The molecule has 0 spiro atoms. The van der Waals surface area contributed by atoms with Gasteiger partial charge in [0.15, 0.2) is 11.7 Å². The van der Waals surface area contributed by atoms with E-state index in [4.69, 9.17) is 17.0 Å². The minimum absolute atomic E-state index is 0.0267. The van der Waals surface area contributed by atoms with Crippen molar-refractivity contribution in [2.75, 3.05) is 6.61 Å². The van der Waals surface area contributed by atoms with E-state index in [2.05, 4.69) is 52.9 Å². The molecule has 0 unspecified atom stereocenters. The zero-order valence-corrected chi connectivity index (χ0v) is 19.2. The monoisotopic (exact) mass is 477 g/mol. The molecule has 2 aromatic carbocycles. The molecule has 0 saturated heterocycles. The van der Waals surface area contributed by atoms with Crippen molar-refractivity contribution in [3.63, 3.8) is 0 Å². The maximum atomic E-state index is 12.1. The SMILES string of the molecule is Cc1ccc(C(=O)NNC(=S)NC(=O)COc2ccc(C(C)(C)C)cc2)cc1Br. The first-order valence-corrected chi connectivity index (χ1v) is 10.2. The molecule has 0 bridgehead atoms. The van der Waals surface area contributed by atoms with Gasteiger partial charge in [-0.2, -0.15) is 0 Å². The summed E-state index contributed by atoms with van der Waals surface area (Å²) in [6.45, 7) is 8.10. The number of hydrogen-bond acceptors (Lipinski definition) is 4. The fourth-order valence-corrected chi connectivity index (χ4v) is 2.86. The Bertz CT molecular complexity index is 908. The second kappa shape index (κ2) is 9.84. The van der Waals surface area contributed by atoms with Crippen molar-refractivity contribution in [2.24, 2.45) is 0 Å². The van der Waals surface area contributed by atoms with Crippen LogP contribution in [0.4, 0.5) is 0 Å². The molecule has 0 saturated carbocycles. The molecule has 6 nitrogen and oxygen atoms in total. The Morgan fingerprint density at radius 1 is 1.07 bits per heavy atom. The highest BCUT2D eigenvalue weighted by Gasteiger charge is 2.13. The molecule has 29 heavy (non-hydrogen) atoms. The minimum atomic E-state index is -0.435. The fraction of sp³-hybridized carbons (Fsp3) is 0.286. The number of hydrazine groups is 1. The number of carbonyl (C=O) groups excluding carboxylic acids is 2. The summed E-state index contributed by atoms with van der Waals surface area (Å²) < 4.78 is 6.29. The van der Waals surface area contributed by atoms with Gasteiger partial charge < -0.3 is 4.74 Å². The van der Waals surface area contributed by atoms with Gasteiger partial charge in [-0.15, -0.1) is 0 Å². The number of halogens is 1. The maximum absolute atomic E-state index is 12.1. The van der Waals surface area contributed by atoms with Crippen LogP contribution in [0, 0.1) is 6.92 Å². The molecule has 154 valence electrons. The summed E-state index contributed by atoms with van der Waals surface area (Å²) in [4.78, 5) is 24.1. The number of benzene rings is 2. The van der Waals surface area contributed by atoms with Crippen molar-refractivity contribution in [3.8, 4) is 5.75 Å². The Hall–Kier alpha value is -2.45. The Balaban J connectivity index is 1.76. The van der Waals surface area contributed by atoms with Crippen LogP contribution in [0.3, 0.4) is 0 Å². The standard InChI is InChI=1S/C21H24BrN3O3S/c1-13-5-6-14(11-17(13)22)19(27)24-25-20(29)23-18(26)12-28-16-9-7-15(8-10-16)21(2,3)4/h5-11H,12H2,1-4H3,(H,24,27)(H2,23,25,26,29). The van der Waals surface area contributed by atoms with E-state index in [1.807, 2.05) is 37.3 Å². The first-order chi connectivity index (χ1) is 13.6. The second-order valence-electron chi connectivity index (χ2n) is 7.48. The number of rotatable bonds is 4. The van der Waals surface area contributed by atoms with E-state index in [9.17, 15) is 9.59 Å². The summed E-state index contributed by atoms with van der Waals surface area (Å²) in [6, 6.07) is 12.8. The molecule has 2 amide bonds. The normalized spacial score (nSPS) is 10.8. The highest BCUT2D eigenvalue weighted by Crippen LogP contribution is 2.24. The van der Waals surface area contributed by atoms with Crippen LogP contribution in [-0.4, -0.2) is 23.5 Å². The summed E-state index contributed by atoms with van der Waals surface area (Å²) in [5.74, 6) is -0.225. The summed E-state index contributed by atoms with van der Waals surface area (Å²) >= 11 is 8.39. The van der Waals surface area contributed by atoms with Crippen molar-refractivity contribution in [1.82, 2.24) is 16.2 Å². The van der Waals surface area contributed by atoms with Crippen molar-refractivity contribution in [3.05, 3.63) is 63.6 Å². The van der Waals surface area contributed by atoms with Gasteiger partial charge in [0, 0.05) is 10.0 Å². The van der Waals surface area contributed by atoms with E-state index in [-0.39, 0.29) is 23.0 Å². The molecule has 0 heterocycles. The number of aryl methyl sites for hydroxylation is 1. The molecular formula is C21H24BrN3O3S. The van der Waals surface area contributed by atoms with Crippen LogP contribution in [0.1, 0.15) is 42.3 Å². The number of carbonyl (C=O) groups is 2. The smallest absolute Gasteiger partial charge is 0.269 e. The predicted molar refractivity (Wildman–Crippen MR) is 121 cm³/mol. The highest BCUT2D eigenvalue weighted by atomic mass is 79.9. The van der Waals surface area contributed by atoms with Gasteiger partial charge in [-0.3, -0.25) is 25.8 Å². The van der Waals surface area contributed by atoms with Crippen molar-refractivity contribution >= 4 is 45.1 Å². The van der Waals surface area contributed by atoms with Gasteiger partial charge in [0.2, 0.25) is 0 Å². The van der Waals surface area contributed by atoms with Gasteiger partial charge in [0.25, 0.3) is 11.8 Å². The number of hydrogen-bond donors (Lipinski definition) is 3. The lowest BCUT2D eigenvalue weighted by atomic mass is 9.87. The van der Waals surface area contributed by atoms with Gasteiger partial charge in [0.1, 0.15) is 5.75 Å². The minimum Gasteiger partial charge on any atom is -0.484 e. The van der Waals surface area contributed by atoms with Crippen LogP contribution in [0.2, 0.25) is 0 Å². The van der Waals surface area contributed by atoms with Crippen LogP contribution < -0.4 is 20.9 Å². The maximum Gasteiger partial charge on any atom is 0.269 e. The molecule has 0 radical (unpaired) electrons. The third kappa shape index (κ3) is 7.14. The van der Waals surface area contributed by atoms with E-state index in [1.54, 1.807) is 12.1 Å². The summed E-state index contributed by atoms with van der Waals surface area (Å²) in [5, 5.41) is 2.42. The average molecular weight is 478 g/mol. The van der Waals surface area contributed by atoms with Crippen LogP contribution >= 0.6 is 28.1 Å². The molecule has 0 aliphatic carbocycles. The Morgan fingerprint density at radius 3 is 2.31 bits per heavy atom. The second-order valence-corrected chi connectivity index (χ2v) is 8.75. The van der Waals surface area contributed by atoms with Crippen molar-refractivity contribution in [2.45, 2.75) is 33.1 Å². The Morgan fingerprint density at radius 2 is 1.72 bits per heavy atom. The number of thiocarbonyl (C=S) groups is 1. The van der Waals surface area contributed by atoms with Crippen LogP contribution in [0.5, 0.6) is 5.75 Å². The number of amides is 2. The molecule has 2 rings (SSSR count). The first-order valence-electron chi connectivity index (χ1n) is 8.96. The third-order valence-electron chi connectivity index (χ3n) is 4.07. The summed E-state index contributed by atoms with van der Waals surface area (Å²) in [5.41, 5.74) is 7.63. The van der Waals surface area contributed by atoms with Crippen LogP contribution in [0.15, 0.2) is 46.9 Å². The van der Waals surface area contributed by atoms with Crippen LogP contribution in [0.25, 0.3) is 0 Å². The zero-order valence-electron chi connectivity index (χ0n) is 16.8. The zero-order chi connectivity index (χ0) is 21.6. The molecule has 0 aromatic heterocycles. The van der Waals surface area contributed by atoms with E-state index < -0.39 is 5.91 Å². The lowest BCUT2D eigenvalue weighted by Gasteiger charge is -2.19. The number of nitrogens with one attached hydrogen (secondary N) is 3. The van der Waals surface area contributed by atoms with Crippen molar-refractivity contribution < 1.29 is 14.3 Å². The van der Waals surface area contributed by atoms with Crippen molar-refractivity contribution in [1.29, 1.82) is 0 Å². The molecule has 8 heteroatoms. The molecule has 0 aliphatic heterocycles.